The SMILES string of the molecule is CNC(=O)c1cc(COC(=O)NCC2(F)CCN(c3nccc(C(F)(F)F)n3)CC2)on1. The standard InChI is InChI=1S/C18H20F4N6O4/c1-23-14(29)12-8-11(32-27-12)9-31-16(30)25-10-17(19)3-6-28(7-4-17)15-24-5-2-13(26-15)18(20,21)22/h2,5,8H,3-4,6-7,9-10H2,1H3,(H,23,29)(H,25,30). The van der Waals surface area contributed by atoms with E-state index in [0.717, 1.165) is 12.3 Å². The van der Waals surface area contributed by atoms with Gasteiger partial charge in [0.25, 0.3) is 5.91 Å². The van der Waals surface area contributed by atoms with Crippen LogP contribution in [0.4, 0.5) is 28.3 Å². The van der Waals surface area contributed by atoms with E-state index in [-0.39, 0.29) is 56.5 Å². The van der Waals surface area contributed by atoms with E-state index < -0.39 is 29.5 Å². The van der Waals surface area contributed by atoms with Crippen LogP contribution in [0.5, 0.6) is 0 Å². The average molecular weight is 460 g/mol. The fourth-order valence-corrected chi connectivity index (χ4v) is 2.98. The largest absolute Gasteiger partial charge is 0.441 e. The van der Waals surface area contributed by atoms with E-state index in [2.05, 4.69) is 25.8 Å². The highest BCUT2D eigenvalue weighted by Crippen LogP contribution is 2.31. The lowest BCUT2D eigenvalue weighted by Crippen LogP contribution is -2.48. The summed E-state index contributed by atoms with van der Waals surface area (Å²) in [5.41, 5.74) is -2.82. The Morgan fingerprint density at radius 1 is 1.31 bits per heavy atom. The molecule has 1 fully saturated rings. The van der Waals surface area contributed by atoms with Gasteiger partial charge in [0.05, 0.1) is 6.54 Å². The Bertz CT molecular complexity index is 959. The summed E-state index contributed by atoms with van der Waals surface area (Å²) >= 11 is 0. The molecule has 1 aliphatic rings. The van der Waals surface area contributed by atoms with Gasteiger partial charge in [-0.15, -0.1) is 0 Å². The van der Waals surface area contributed by atoms with Crippen LogP contribution in [0.1, 0.15) is 34.8 Å². The predicted molar refractivity (Wildman–Crippen MR) is 100 cm³/mol. The number of amides is 2. The summed E-state index contributed by atoms with van der Waals surface area (Å²) < 4.78 is 63.2. The zero-order valence-electron chi connectivity index (χ0n) is 16.9. The molecule has 0 atom stereocenters. The number of nitrogens with one attached hydrogen (secondary N) is 2. The minimum Gasteiger partial charge on any atom is -0.441 e. The fraction of sp³-hybridized carbons (Fsp3) is 0.500. The van der Waals surface area contributed by atoms with Crippen LogP contribution < -0.4 is 15.5 Å². The summed E-state index contributed by atoms with van der Waals surface area (Å²) in [5.74, 6) is -0.466. The highest BCUT2D eigenvalue weighted by Gasteiger charge is 2.37. The van der Waals surface area contributed by atoms with Crippen LogP contribution in [0, 0.1) is 0 Å². The number of ether oxygens (including phenoxy) is 1. The smallest absolute Gasteiger partial charge is 0.433 e. The number of carbonyl (C=O) groups excluding carboxylic acids is 2. The lowest BCUT2D eigenvalue weighted by molar-refractivity contribution is -0.141. The van der Waals surface area contributed by atoms with Gasteiger partial charge >= 0.3 is 12.3 Å². The van der Waals surface area contributed by atoms with Gasteiger partial charge < -0.3 is 24.8 Å². The lowest BCUT2D eigenvalue weighted by atomic mass is 9.93. The molecule has 174 valence electrons. The van der Waals surface area contributed by atoms with Gasteiger partial charge in [0, 0.05) is 45.2 Å². The summed E-state index contributed by atoms with van der Waals surface area (Å²) in [6.45, 7) is -0.497. The third kappa shape index (κ3) is 5.82. The van der Waals surface area contributed by atoms with E-state index >= 15 is 0 Å². The van der Waals surface area contributed by atoms with Crippen LogP contribution in [0.15, 0.2) is 22.9 Å². The molecule has 1 saturated heterocycles. The van der Waals surface area contributed by atoms with E-state index in [1.54, 1.807) is 0 Å². The highest BCUT2D eigenvalue weighted by molar-refractivity contribution is 5.91. The van der Waals surface area contributed by atoms with Crippen LogP contribution in [0.25, 0.3) is 0 Å². The molecule has 0 bridgehead atoms. The molecule has 0 aliphatic carbocycles. The van der Waals surface area contributed by atoms with Crippen LogP contribution in [0.3, 0.4) is 0 Å². The molecule has 0 unspecified atom stereocenters. The molecule has 0 spiro atoms. The first-order valence-electron chi connectivity index (χ1n) is 9.52. The Hall–Kier alpha value is -3.45. The first-order chi connectivity index (χ1) is 15.1. The van der Waals surface area contributed by atoms with Crippen LogP contribution in [-0.4, -0.2) is 59.5 Å². The van der Waals surface area contributed by atoms with Crippen molar-refractivity contribution in [3.63, 3.8) is 0 Å². The molecule has 2 N–H and O–H groups in total. The maximum absolute atomic E-state index is 15.0. The van der Waals surface area contributed by atoms with E-state index in [9.17, 15) is 27.2 Å². The second kappa shape index (κ2) is 9.36. The first-order valence-corrected chi connectivity index (χ1v) is 9.52. The average Bonchev–Trinajstić information content (AvgIpc) is 3.25. The number of hydrogen-bond donors (Lipinski definition) is 2. The number of carbonyl (C=O) groups is 2. The van der Waals surface area contributed by atoms with Gasteiger partial charge in [-0.05, 0) is 6.07 Å². The number of piperidine rings is 1. The van der Waals surface area contributed by atoms with Gasteiger partial charge in [-0.2, -0.15) is 13.2 Å². The third-order valence-electron chi connectivity index (χ3n) is 4.79. The molecule has 2 amide bonds. The number of alkyl halides is 4. The van der Waals surface area contributed by atoms with Crippen LogP contribution >= 0.6 is 0 Å². The lowest BCUT2D eigenvalue weighted by Gasteiger charge is -2.36. The van der Waals surface area contributed by atoms with Crippen LogP contribution in [-0.2, 0) is 17.5 Å². The molecular formula is C18H20F4N6O4. The monoisotopic (exact) mass is 460 g/mol. The van der Waals surface area contributed by atoms with Crippen molar-refractivity contribution in [1.82, 2.24) is 25.8 Å². The second-order valence-corrected chi connectivity index (χ2v) is 7.06. The number of alkyl carbamates (subject to hydrolysis) is 1. The minimum atomic E-state index is -4.60. The Balaban J connectivity index is 1.45. The number of hydrogen-bond acceptors (Lipinski definition) is 8. The summed E-state index contributed by atoms with van der Waals surface area (Å²) in [6, 6.07) is 2.06. The predicted octanol–water partition coefficient (Wildman–Crippen LogP) is 2.08. The van der Waals surface area contributed by atoms with Crippen molar-refractivity contribution < 1.29 is 36.4 Å². The Labute approximate surface area is 179 Å². The first kappa shape index (κ1) is 23.2. The molecule has 1 aliphatic heterocycles. The molecule has 3 rings (SSSR count). The molecule has 2 aromatic rings. The molecule has 0 saturated carbocycles. The van der Waals surface area contributed by atoms with Gasteiger partial charge in [-0.1, -0.05) is 5.16 Å². The van der Waals surface area contributed by atoms with Crippen molar-refractivity contribution in [1.29, 1.82) is 0 Å². The maximum Gasteiger partial charge on any atom is 0.433 e. The Kier molecular flexibility index (Phi) is 6.79. The number of anilines is 1. The Morgan fingerprint density at radius 3 is 2.69 bits per heavy atom. The number of halogens is 4. The van der Waals surface area contributed by atoms with Crippen molar-refractivity contribution in [2.75, 3.05) is 31.6 Å². The van der Waals surface area contributed by atoms with Crippen LogP contribution in [0.2, 0.25) is 0 Å². The molecule has 32 heavy (non-hydrogen) atoms. The summed E-state index contributed by atoms with van der Waals surface area (Å²) in [5, 5.41) is 8.18. The molecule has 0 aromatic carbocycles. The van der Waals surface area contributed by atoms with Gasteiger partial charge in [-0.25, -0.2) is 19.2 Å². The highest BCUT2D eigenvalue weighted by atomic mass is 19.4. The molecule has 10 nitrogen and oxygen atoms in total. The van der Waals surface area contributed by atoms with E-state index in [1.165, 1.54) is 18.0 Å². The summed E-state index contributed by atoms with van der Waals surface area (Å²) in [4.78, 5) is 32.0. The van der Waals surface area contributed by atoms with E-state index in [0.29, 0.717) is 0 Å². The molecular weight excluding hydrogens is 440 g/mol. The van der Waals surface area contributed by atoms with Gasteiger partial charge in [-0.3, -0.25) is 4.79 Å². The van der Waals surface area contributed by atoms with Crippen molar-refractivity contribution in [2.45, 2.75) is 31.3 Å². The number of aromatic nitrogens is 3. The van der Waals surface area contributed by atoms with E-state index in [1.807, 2.05) is 0 Å². The molecule has 14 heteroatoms. The van der Waals surface area contributed by atoms with Gasteiger partial charge in [0.15, 0.2) is 18.1 Å². The number of nitrogens with zero attached hydrogens (tertiary/aromatic N) is 4. The van der Waals surface area contributed by atoms with Gasteiger partial charge in [0.2, 0.25) is 5.95 Å². The minimum absolute atomic E-state index is 0.0192. The van der Waals surface area contributed by atoms with Crippen molar-refractivity contribution in [3.05, 3.63) is 35.5 Å². The zero-order chi connectivity index (χ0) is 23.4. The molecule has 2 aromatic heterocycles. The Morgan fingerprint density at radius 2 is 2.03 bits per heavy atom. The van der Waals surface area contributed by atoms with Crippen molar-refractivity contribution >= 4 is 17.9 Å². The molecule has 0 radical (unpaired) electrons. The summed E-state index contributed by atoms with van der Waals surface area (Å²) in [7, 11) is 1.42. The van der Waals surface area contributed by atoms with Crippen molar-refractivity contribution in [2.24, 2.45) is 0 Å². The fourth-order valence-electron chi connectivity index (χ4n) is 2.98. The topological polar surface area (TPSA) is 122 Å². The maximum atomic E-state index is 15.0. The normalized spacial score (nSPS) is 15.8. The third-order valence-corrected chi connectivity index (χ3v) is 4.79. The van der Waals surface area contributed by atoms with Crippen molar-refractivity contribution in [3.8, 4) is 0 Å². The van der Waals surface area contributed by atoms with Gasteiger partial charge in [0.1, 0.15) is 11.4 Å². The molecule has 3 heterocycles. The quantitative estimate of drug-likeness (QED) is 0.629. The zero-order valence-corrected chi connectivity index (χ0v) is 16.9. The summed E-state index contributed by atoms with van der Waals surface area (Å²) in [6.07, 6.45) is -4.60. The number of rotatable bonds is 6. The second-order valence-electron chi connectivity index (χ2n) is 7.06. The van der Waals surface area contributed by atoms with E-state index in [4.69, 9.17) is 9.26 Å².